The lowest BCUT2D eigenvalue weighted by molar-refractivity contribution is 0.463. The van der Waals surface area contributed by atoms with Crippen LogP contribution >= 0.6 is 11.3 Å². The molecule has 64 valence electrons. The van der Waals surface area contributed by atoms with E-state index in [2.05, 4.69) is 22.9 Å². The smallest absolute Gasteiger partial charge is 0.0673 e. The molecule has 1 heterocycles. The second-order valence-electron chi connectivity index (χ2n) is 3.30. The highest BCUT2D eigenvalue weighted by molar-refractivity contribution is 7.08. The van der Waals surface area contributed by atoms with Gasteiger partial charge in [0.1, 0.15) is 0 Å². The van der Waals surface area contributed by atoms with Crippen LogP contribution in [0.3, 0.4) is 0 Å². The van der Waals surface area contributed by atoms with Crippen LogP contribution in [-0.4, -0.2) is 0 Å². The molecule has 0 radical (unpaired) electrons. The fraction of sp³-hybridized carbons (Fsp3) is 0.400. The number of nitriles is 2. The van der Waals surface area contributed by atoms with Gasteiger partial charge >= 0.3 is 0 Å². The molecular formula is C10H8N2S. The Hall–Kier alpha value is -1.32. The van der Waals surface area contributed by atoms with E-state index in [1.54, 1.807) is 11.3 Å². The van der Waals surface area contributed by atoms with Gasteiger partial charge in [-0.2, -0.15) is 21.9 Å². The lowest BCUT2D eigenvalue weighted by Gasteiger charge is -2.21. The van der Waals surface area contributed by atoms with Gasteiger partial charge in [0.25, 0.3) is 0 Å². The van der Waals surface area contributed by atoms with Gasteiger partial charge in [-0.05, 0) is 34.7 Å². The Morgan fingerprint density at radius 1 is 1.08 bits per heavy atom. The van der Waals surface area contributed by atoms with Crippen molar-refractivity contribution in [2.45, 2.75) is 12.8 Å². The van der Waals surface area contributed by atoms with Crippen molar-refractivity contribution in [3.05, 3.63) is 21.9 Å². The number of fused-ring (bicyclic) bond motifs is 1. The molecule has 0 spiro atoms. The predicted octanol–water partition coefficient (Wildman–Crippen LogP) is 2.13. The summed E-state index contributed by atoms with van der Waals surface area (Å²) in [6, 6.07) is 4.44. The van der Waals surface area contributed by atoms with Crippen LogP contribution in [0.1, 0.15) is 11.1 Å². The average Bonchev–Trinajstić information content (AvgIpc) is 2.62. The van der Waals surface area contributed by atoms with Crippen LogP contribution in [0.5, 0.6) is 0 Å². The summed E-state index contributed by atoms with van der Waals surface area (Å²) in [5.74, 6) is -0.209. The topological polar surface area (TPSA) is 47.6 Å². The number of hydrogen-bond acceptors (Lipinski definition) is 3. The maximum Gasteiger partial charge on any atom is 0.0673 e. The van der Waals surface area contributed by atoms with Crippen molar-refractivity contribution in [3.63, 3.8) is 0 Å². The Bertz CT molecular complexity index is 357. The predicted molar refractivity (Wildman–Crippen MR) is 49.9 cm³/mol. The van der Waals surface area contributed by atoms with E-state index in [1.807, 2.05) is 0 Å². The molecule has 0 fully saturated rings. The maximum absolute atomic E-state index is 8.86. The first-order valence-electron chi connectivity index (χ1n) is 4.18. The molecule has 0 saturated heterocycles. The summed E-state index contributed by atoms with van der Waals surface area (Å²) in [6.07, 6.45) is 1.52. The third-order valence-electron chi connectivity index (χ3n) is 2.53. The molecule has 2 atom stereocenters. The monoisotopic (exact) mass is 188 g/mol. The quantitative estimate of drug-likeness (QED) is 0.626. The van der Waals surface area contributed by atoms with Crippen molar-refractivity contribution in [1.82, 2.24) is 0 Å². The van der Waals surface area contributed by atoms with Crippen molar-refractivity contribution >= 4 is 11.3 Å². The number of nitrogens with zero attached hydrogens (tertiary/aromatic N) is 2. The molecule has 0 amide bonds. The van der Waals surface area contributed by atoms with Crippen molar-refractivity contribution in [1.29, 1.82) is 10.5 Å². The van der Waals surface area contributed by atoms with Crippen molar-refractivity contribution in [3.8, 4) is 12.1 Å². The number of hydrogen-bond donors (Lipinski definition) is 0. The molecule has 2 unspecified atom stereocenters. The highest BCUT2D eigenvalue weighted by Crippen LogP contribution is 2.31. The molecule has 1 aliphatic carbocycles. The molecule has 0 aromatic carbocycles. The molecule has 1 aromatic heterocycles. The lowest BCUT2D eigenvalue weighted by atomic mass is 9.79. The maximum atomic E-state index is 8.86. The van der Waals surface area contributed by atoms with Gasteiger partial charge in [-0.15, -0.1) is 0 Å². The zero-order chi connectivity index (χ0) is 9.26. The third kappa shape index (κ3) is 1.32. The summed E-state index contributed by atoms with van der Waals surface area (Å²) in [5, 5.41) is 21.9. The molecule has 0 N–H and O–H groups in total. The molecule has 0 bridgehead atoms. The molecule has 2 rings (SSSR count). The van der Waals surface area contributed by atoms with E-state index < -0.39 is 0 Å². The molecule has 1 aliphatic rings. The largest absolute Gasteiger partial charge is 0.198 e. The Morgan fingerprint density at radius 3 is 1.92 bits per heavy atom. The van der Waals surface area contributed by atoms with Crippen LogP contribution in [0.2, 0.25) is 0 Å². The molecule has 2 nitrogen and oxygen atoms in total. The van der Waals surface area contributed by atoms with Gasteiger partial charge in [0, 0.05) is 0 Å². The third-order valence-corrected chi connectivity index (χ3v) is 3.37. The van der Waals surface area contributed by atoms with E-state index in [0.717, 1.165) is 12.8 Å². The van der Waals surface area contributed by atoms with E-state index in [1.165, 1.54) is 11.1 Å². The number of rotatable bonds is 0. The minimum absolute atomic E-state index is 0.105. The van der Waals surface area contributed by atoms with E-state index in [4.69, 9.17) is 10.5 Å². The highest BCUT2D eigenvalue weighted by Gasteiger charge is 2.28. The molecule has 0 aliphatic heterocycles. The van der Waals surface area contributed by atoms with Crippen molar-refractivity contribution < 1.29 is 0 Å². The van der Waals surface area contributed by atoms with E-state index in [-0.39, 0.29) is 11.8 Å². The van der Waals surface area contributed by atoms with Crippen molar-refractivity contribution in [2.24, 2.45) is 11.8 Å². The Balaban J connectivity index is 2.33. The van der Waals surface area contributed by atoms with Crippen LogP contribution in [0.15, 0.2) is 10.8 Å². The summed E-state index contributed by atoms with van der Waals surface area (Å²) < 4.78 is 0. The Kier molecular flexibility index (Phi) is 2.04. The zero-order valence-corrected chi connectivity index (χ0v) is 7.84. The minimum Gasteiger partial charge on any atom is -0.198 e. The lowest BCUT2D eigenvalue weighted by Crippen LogP contribution is -2.21. The number of thiophene rings is 1. The minimum atomic E-state index is -0.105. The van der Waals surface area contributed by atoms with Gasteiger partial charge < -0.3 is 0 Å². The van der Waals surface area contributed by atoms with Crippen molar-refractivity contribution in [2.75, 3.05) is 0 Å². The molecule has 1 aromatic rings. The molecule has 3 heteroatoms. The molecule has 0 saturated carbocycles. The first-order chi connectivity index (χ1) is 6.35. The summed E-state index contributed by atoms with van der Waals surface area (Å²) >= 11 is 1.66. The van der Waals surface area contributed by atoms with Gasteiger partial charge in [0.05, 0.1) is 24.0 Å². The van der Waals surface area contributed by atoms with Crippen LogP contribution in [0, 0.1) is 34.5 Å². The summed E-state index contributed by atoms with van der Waals surface area (Å²) in [5.41, 5.74) is 2.53. The fourth-order valence-corrected chi connectivity index (χ4v) is 2.63. The van der Waals surface area contributed by atoms with Crippen LogP contribution in [0.4, 0.5) is 0 Å². The van der Waals surface area contributed by atoms with Gasteiger partial charge in [-0.25, -0.2) is 0 Å². The summed E-state index contributed by atoms with van der Waals surface area (Å²) in [7, 11) is 0. The first kappa shape index (κ1) is 8.29. The van der Waals surface area contributed by atoms with Gasteiger partial charge in [-0.1, -0.05) is 0 Å². The second kappa shape index (κ2) is 3.20. The Labute approximate surface area is 81.0 Å². The van der Waals surface area contributed by atoms with E-state index in [0.29, 0.717) is 0 Å². The van der Waals surface area contributed by atoms with Crippen LogP contribution in [-0.2, 0) is 12.8 Å². The van der Waals surface area contributed by atoms with Gasteiger partial charge in [0.15, 0.2) is 0 Å². The standard InChI is InChI=1S/C10H8N2S/c11-3-7-1-9-5-13-6-10(9)2-8(7)4-12/h5-8H,1-2H2. The molecular weight excluding hydrogens is 180 g/mol. The van der Waals surface area contributed by atoms with Crippen LogP contribution in [0.25, 0.3) is 0 Å². The van der Waals surface area contributed by atoms with E-state index >= 15 is 0 Å². The Morgan fingerprint density at radius 2 is 1.54 bits per heavy atom. The fourth-order valence-electron chi connectivity index (χ4n) is 1.74. The van der Waals surface area contributed by atoms with Gasteiger partial charge in [-0.3, -0.25) is 0 Å². The second-order valence-corrected chi connectivity index (χ2v) is 4.05. The van der Waals surface area contributed by atoms with E-state index in [9.17, 15) is 0 Å². The highest BCUT2D eigenvalue weighted by atomic mass is 32.1. The normalized spacial score (nSPS) is 25.7. The summed E-state index contributed by atoms with van der Waals surface area (Å²) in [6.45, 7) is 0. The zero-order valence-electron chi connectivity index (χ0n) is 7.03. The average molecular weight is 188 g/mol. The first-order valence-corrected chi connectivity index (χ1v) is 5.12. The van der Waals surface area contributed by atoms with Gasteiger partial charge in [0.2, 0.25) is 0 Å². The molecule has 13 heavy (non-hydrogen) atoms. The summed E-state index contributed by atoms with van der Waals surface area (Å²) in [4.78, 5) is 0. The van der Waals surface area contributed by atoms with Crippen LogP contribution < -0.4 is 0 Å². The SMILES string of the molecule is N#CC1Cc2cscc2CC1C#N.